The first-order valence-corrected chi connectivity index (χ1v) is 4.01. The minimum Gasteiger partial charge on any atom is -1.00 e. The van der Waals surface area contributed by atoms with Crippen LogP contribution >= 0.6 is 0 Å². The molecule has 0 aliphatic heterocycles. The van der Waals surface area contributed by atoms with E-state index in [1.165, 1.54) is 7.11 Å². The largest absolute Gasteiger partial charge is 1.00 e. The highest BCUT2D eigenvalue weighted by molar-refractivity contribution is 5.76. The lowest BCUT2D eigenvalue weighted by molar-refractivity contribution is -0.00000382. The molecular weight excluding hydrogens is 202 g/mol. The van der Waals surface area contributed by atoms with Crippen molar-refractivity contribution in [2.75, 3.05) is 14.2 Å². The fourth-order valence-electron chi connectivity index (χ4n) is 1.09. The summed E-state index contributed by atoms with van der Waals surface area (Å²) in [6.07, 6.45) is 0.473. The molecule has 0 radical (unpaired) electrons. The zero-order valence-electron chi connectivity index (χ0n) is 9.21. The van der Waals surface area contributed by atoms with Gasteiger partial charge in [-0.2, -0.15) is 0 Å². The Bertz CT molecular complexity index is 307. The van der Waals surface area contributed by atoms with E-state index in [2.05, 4.69) is 0 Å². The summed E-state index contributed by atoms with van der Waals surface area (Å²) in [5.74, 6) is 1.04. The number of nitrogens with one attached hydrogen (secondary N) is 1. The molecular formula is C10H14ClNO2. The Balaban J connectivity index is 0. The molecule has 1 aromatic carbocycles. The van der Waals surface area contributed by atoms with E-state index in [0.717, 1.165) is 11.3 Å². The molecule has 0 aromatic heterocycles. The lowest BCUT2D eigenvalue weighted by Gasteiger charge is -2.07. The van der Waals surface area contributed by atoms with Crippen molar-refractivity contribution in [1.29, 1.82) is 5.41 Å². The van der Waals surface area contributed by atoms with Gasteiger partial charge in [0.05, 0.1) is 20.6 Å². The van der Waals surface area contributed by atoms with Crippen LogP contribution in [0.25, 0.3) is 0 Å². The van der Waals surface area contributed by atoms with Gasteiger partial charge in [0.1, 0.15) is 5.75 Å². The summed E-state index contributed by atoms with van der Waals surface area (Å²) in [6.45, 7) is 0. The fraction of sp³-hybridized carbons (Fsp3) is 0.300. The van der Waals surface area contributed by atoms with Crippen molar-refractivity contribution in [1.82, 2.24) is 0 Å². The number of methoxy groups -OCH3 is 2. The molecule has 1 rings (SSSR count). The van der Waals surface area contributed by atoms with E-state index in [1.54, 1.807) is 7.11 Å². The van der Waals surface area contributed by atoms with Gasteiger partial charge in [-0.05, 0) is 6.07 Å². The first-order chi connectivity index (χ1) is 6.27. The van der Waals surface area contributed by atoms with Crippen LogP contribution in [0, 0.1) is 5.41 Å². The van der Waals surface area contributed by atoms with Gasteiger partial charge in [0, 0.05) is 5.56 Å². The Morgan fingerprint density at radius 2 is 2.00 bits per heavy atom. The summed E-state index contributed by atoms with van der Waals surface area (Å²) in [6, 6.07) is 7.62. The molecule has 4 heteroatoms. The maximum Gasteiger partial charge on any atom is 1.00 e. The number of benzene rings is 1. The van der Waals surface area contributed by atoms with Gasteiger partial charge >= 0.3 is 1.43 Å². The molecule has 0 aliphatic carbocycles. The van der Waals surface area contributed by atoms with Gasteiger partial charge in [-0.15, -0.1) is 0 Å². The highest BCUT2D eigenvalue weighted by Crippen LogP contribution is 2.17. The summed E-state index contributed by atoms with van der Waals surface area (Å²) in [7, 11) is 3.12. The Morgan fingerprint density at radius 1 is 1.36 bits per heavy atom. The van der Waals surface area contributed by atoms with Gasteiger partial charge in [0.15, 0.2) is 5.90 Å². The van der Waals surface area contributed by atoms with Gasteiger partial charge in [-0.25, -0.2) is 0 Å². The third-order valence-electron chi connectivity index (χ3n) is 1.79. The van der Waals surface area contributed by atoms with Crippen LogP contribution < -0.4 is 17.1 Å². The third kappa shape index (κ3) is 3.26. The van der Waals surface area contributed by atoms with Crippen LogP contribution in [-0.4, -0.2) is 20.1 Å². The maximum absolute atomic E-state index is 7.37. The van der Waals surface area contributed by atoms with E-state index in [1.807, 2.05) is 24.3 Å². The van der Waals surface area contributed by atoms with Crippen LogP contribution in [0.4, 0.5) is 0 Å². The monoisotopic (exact) mass is 215 g/mol. The number of halogens is 1. The second-order valence-electron chi connectivity index (χ2n) is 2.62. The van der Waals surface area contributed by atoms with Crippen molar-refractivity contribution in [3.05, 3.63) is 29.8 Å². The van der Waals surface area contributed by atoms with Crippen molar-refractivity contribution >= 4 is 5.90 Å². The highest BCUT2D eigenvalue weighted by atomic mass is 35.5. The molecule has 1 N–H and O–H groups in total. The second kappa shape index (κ2) is 6.27. The molecule has 0 bridgehead atoms. The van der Waals surface area contributed by atoms with Crippen LogP contribution in [0.2, 0.25) is 0 Å². The van der Waals surface area contributed by atoms with Gasteiger partial charge < -0.3 is 21.9 Å². The Hall–Kier alpha value is -1.22. The lowest BCUT2D eigenvalue weighted by Crippen LogP contribution is -3.00. The molecule has 0 amide bonds. The van der Waals surface area contributed by atoms with Crippen LogP contribution in [0.5, 0.6) is 5.75 Å². The van der Waals surface area contributed by atoms with Crippen molar-refractivity contribution in [3.63, 3.8) is 0 Å². The van der Waals surface area contributed by atoms with Crippen molar-refractivity contribution in [2.45, 2.75) is 6.42 Å². The smallest absolute Gasteiger partial charge is 1.00 e. The average Bonchev–Trinajstić information content (AvgIpc) is 2.18. The predicted molar refractivity (Wildman–Crippen MR) is 52.5 cm³/mol. The molecule has 0 aliphatic rings. The molecule has 0 saturated heterocycles. The first kappa shape index (κ1) is 12.8. The van der Waals surface area contributed by atoms with Gasteiger partial charge in [0.25, 0.3) is 0 Å². The van der Waals surface area contributed by atoms with Crippen molar-refractivity contribution in [3.8, 4) is 5.75 Å². The Kier molecular flexibility index (Phi) is 5.72. The lowest BCUT2D eigenvalue weighted by atomic mass is 10.1. The summed E-state index contributed by atoms with van der Waals surface area (Å²) >= 11 is 0. The van der Waals surface area contributed by atoms with E-state index in [4.69, 9.17) is 14.9 Å². The normalized spacial score (nSPS) is 8.71. The molecule has 0 spiro atoms. The molecule has 78 valence electrons. The van der Waals surface area contributed by atoms with E-state index in [-0.39, 0.29) is 19.7 Å². The van der Waals surface area contributed by atoms with E-state index >= 15 is 0 Å². The number of hydrogen-bond acceptors (Lipinski definition) is 3. The van der Waals surface area contributed by atoms with Crippen LogP contribution in [-0.2, 0) is 11.2 Å². The quantitative estimate of drug-likeness (QED) is 0.518. The molecule has 3 nitrogen and oxygen atoms in total. The maximum atomic E-state index is 7.37. The summed E-state index contributed by atoms with van der Waals surface area (Å²) in [5, 5.41) is 7.37. The van der Waals surface area contributed by atoms with Crippen molar-refractivity contribution in [2.24, 2.45) is 0 Å². The summed E-state index contributed by atoms with van der Waals surface area (Å²) < 4.78 is 9.92. The molecule has 0 fully saturated rings. The van der Waals surface area contributed by atoms with Gasteiger partial charge in [0.2, 0.25) is 0 Å². The number of ether oxygens (including phenoxy) is 2. The standard InChI is InChI=1S/C10H13NO2.ClH/c1-12-9-6-4-3-5-8(9)7-10(11)13-2;/h3-6,11H,7H2,1-2H3;1H. The van der Waals surface area contributed by atoms with Crippen molar-refractivity contribution < 1.29 is 23.3 Å². The molecule has 0 saturated carbocycles. The molecule has 14 heavy (non-hydrogen) atoms. The zero-order chi connectivity index (χ0) is 9.68. The predicted octanol–water partition coefficient (Wildman–Crippen LogP) is -1.02. The fourth-order valence-corrected chi connectivity index (χ4v) is 1.09. The third-order valence-corrected chi connectivity index (χ3v) is 1.79. The molecule has 0 unspecified atom stereocenters. The Morgan fingerprint density at radius 3 is 2.57 bits per heavy atom. The Labute approximate surface area is 91.4 Å². The number of para-hydroxylation sites is 1. The minimum atomic E-state index is 0. The summed E-state index contributed by atoms with van der Waals surface area (Å²) in [5.41, 5.74) is 0.969. The highest BCUT2D eigenvalue weighted by Gasteiger charge is 2.04. The number of hydrogen-bond donors (Lipinski definition) is 1. The summed E-state index contributed by atoms with van der Waals surface area (Å²) in [4.78, 5) is 0. The number of rotatable bonds is 3. The van der Waals surface area contributed by atoms with Crippen LogP contribution in [0.15, 0.2) is 24.3 Å². The second-order valence-corrected chi connectivity index (χ2v) is 2.62. The first-order valence-electron chi connectivity index (χ1n) is 4.01. The average molecular weight is 216 g/mol. The molecule has 0 atom stereocenters. The van der Waals surface area contributed by atoms with Crippen LogP contribution in [0.3, 0.4) is 0 Å². The van der Waals surface area contributed by atoms with E-state index in [0.29, 0.717) is 6.42 Å². The van der Waals surface area contributed by atoms with E-state index in [9.17, 15) is 0 Å². The van der Waals surface area contributed by atoms with Gasteiger partial charge in [-0.1, -0.05) is 18.2 Å². The van der Waals surface area contributed by atoms with Gasteiger partial charge in [-0.3, -0.25) is 5.41 Å². The topological polar surface area (TPSA) is 42.3 Å². The molecule has 1 aromatic rings. The SMILES string of the molecule is COC(=N)Cc1ccccc1OC.[Cl-].[H+]. The van der Waals surface area contributed by atoms with E-state index < -0.39 is 0 Å². The minimum absolute atomic E-state index is 0. The van der Waals surface area contributed by atoms with Crippen LogP contribution in [0.1, 0.15) is 6.99 Å². The zero-order valence-corrected chi connectivity index (χ0v) is 8.97. The molecule has 0 heterocycles.